The van der Waals surface area contributed by atoms with Crippen molar-refractivity contribution in [3.63, 3.8) is 0 Å². The number of nitrogens with one attached hydrogen (secondary N) is 5. The average molecular weight is 301 g/mol. The normalized spacial score (nSPS) is 22.2. The van der Waals surface area contributed by atoms with E-state index >= 15 is 0 Å². The van der Waals surface area contributed by atoms with E-state index < -0.39 is 6.03 Å². The Bertz CT molecular complexity index is 247. The Morgan fingerprint density at radius 3 is 1.86 bits per heavy atom. The molecule has 0 aliphatic carbocycles. The van der Waals surface area contributed by atoms with Gasteiger partial charge in [-0.1, -0.05) is 51.4 Å². The summed E-state index contributed by atoms with van der Waals surface area (Å²) >= 11 is 0. The number of hydrazine groups is 5. The fourth-order valence-electron chi connectivity index (χ4n) is 2.31. The van der Waals surface area contributed by atoms with Gasteiger partial charge in [-0.3, -0.25) is 0 Å². The van der Waals surface area contributed by atoms with E-state index in [0.717, 1.165) is 24.5 Å². The van der Waals surface area contributed by atoms with Gasteiger partial charge in [0.05, 0.1) is 0 Å². The second-order valence-electron chi connectivity index (χ2n) is 5.41. The molecule has 0 radical (unpaired) electrons. The number of hydrogen-bond acceptors (Lipinski definition) is 6. The largest absolute Gasteiger partial charge is 0.349 e. The van der Waals surface area contributed by atoms with E-state index in [9.17, 15) is 4.79 Å². The number of carbonyl (C=O) groups excluding carboxylic acids is 1. The second-order valence-corrected chi connectivity index (χ2v) is 5.41. The molecule has 124 valence electrons. The topological polar surface area (TPSA) is 106 Å². The number of hydrogen-bond donors (Lipinski definition) is 6. The van der Waals surface area contributed by atoms with Crippen molar-refractivity contribution in [2.24, 2.45) is 5.73 Å². The van der Waals surface area contributed by atoms with Crippen LogP contribution in [0.3, 0.4) is 0 Å². The summed E-state index contributed by atoms with van der Waals surface area (Å²) in [4.78, 5) is 11.2. The van der Waals surface area contributed by atoms with Crippen LogP contribution in [0.25, 0.3) is 0 Å². The second kappa shape index (κ2) is 12.8. The van der Waals surface area contributed by atoms with Gasteiger partial charge >= 0.3 is 6.03 Å². The summed E-state index contributed by atoms with van der Waals surface area (Å²) in [5.41, 5.74) is 19.3. The molecule has 1 aliphatic rings. The molecule has 1 saturated heterocycles. The summed E-state index contributed by atoms with van der Waals surface area (Å²) in [6.45, 7) is 1.59. The van der Waals surface area contributed by atoms with Crippen LogP contribution in [0.5, 0.6) is 0 Å². The van der Waals surface area contributed by atoms with Gasteiger partial charge in [-0.05, 0) is 12.8 Å². The van der Waals surface area contributed by atoms with Gasteiger partial charge in [-0.15, -0.1) is 5.53 Å². The minimum atomic E-state index is -0.585. The minimum absolute atomic E-state index is 0.585. The number of amides is 2. The Morgan fingerprint density at radius 2 is 1.29 bits per heavy atom. The number of nitrogens with zero attached hydrogens (tertiary/aromatic N) is 1. The molecule has 1 fully saturated rings. The van der Waals surface area contributed by atoms with E-state index in [4.69, 9.17) is 5.73 Å². The number of urea groups is 1. The molecule has 7 N–H and O–H groups in total. The van der Waals surface area contributed by atoms with E-state index in [1.165, 1.54) is 51.4 Å². The fraction of sp³-hybridized carbons (Fsp3) is 0.923. The summed E-state index contributed by atoms with van der Waals surface area (Å²) in [6.07, 6.45) is 12.5. The van der Waals surface area contributed by atoms with Crippen LogP contribution in [0.15, 0.2) is 0 Å². The van der Waals surface area contributed by atoms with E-state index in [2.05, 4.69) is 27.5 Å². The van der Waals surface area contributed by atoms with Crippen LogP contribution < -0.4 is 33.2 Å². The molecule has 0 saturated carbocycles. The lowest BCUT2D eigenvalue weighted by Crippen LogP contribution is -2.63. The highest BCUT2D eigenvalue weighted by molar-refractivity contribution is 5.70. The lowest BCUT2D eigenvalue weighted by Gasteiger charge is -2.22. The first-order chi connectivity index (χ1) is 10.3. The quantitative estimate of drug-likeness (QED) is 0.395. The molecule has 0 spiro atoms. The number of primary amides is 1. The Balaban J connectivity index is 2.23. The van der Waals surface area contributed by atoms with Gasteiger partial charge in [0.25, 0.3) is 0 Å². The molecule has 0 aromatic heterocycles. The zero-order chi connectivity index (χ0) is 15.2. The van der Waals surface area contributed by atoms with Gasteiger partial charge in [0, 0.05) is 13.1 Å². The fourth-order valence-corrected chi connectivity index (χ4v) is 2.31. The zero-order valence-corrected chi connectivity index (χ0v) is 12.9. The molecule has 21 heavy (non-hydrogen) atoms. The van der Waals surface area contributed by atoms with E-state index in [1.54, 1.807) is 0 Å². The molecule has 1 aliphatic heterocycles. The van der Waals surface area contributed by atoms with Crippen LogP contribution in [0.2, 0.25) is 0 Å². The maximum Gasteiger partial charge on any atom is 0.345 e. The van der Waals surface area contributed by atoms with Crippen LogP contribution in [0, 0.1) is 0 Å². The monoisotopic (exact) mass is 301 g/mol. The van der Waals surface area contributed by atoms with Crippen molar-refractivity contribution in [2.45, 2.75) is 64.2 Å². The molecule has 0 aromatic carbocycles. The summed E-state index contributed by atoms with van der Waals surface area (Å²) in [7, 11) is 0. The van der Waals surface area contributed by atoms with Crippen molar-refractivity contribution in [1.82, 2.24) is 32.6 Å². The lowest BCUT2D eigenvalue weighted by molar-refractivity contribution is 0.102. The van der Waals surface area contributed by atoms with Crippen LogP contribution in [0.4, 0.5) is 4.79 Å². The number of rotatable bonds is 0. The van der Waals surface area contributed by atoms with Crippen molar-refractivity contribution in [3.8, 4) is 0 Å². The Morgan fingerprint density at radius 1 is 0.762 bits per heavy atom. The van der Waals surface area contributed by atoms with E-state index in [1.807, 2.05) is 0 Å². The van der Waals surface area contributed by atoms with Gasteiger partial charge in [0.1, 0.15) is 0 Å². The molecule has 8 heteroatoms. The van der Waals surface area contributed by atoms with Crippen LogP contribution in [0.1, 0.15) is 64.2 Å². The van der Waals surface area contributed by atoms with Crippen molar-refractivity contribution >= 4 is 6.03 Å². The van der Waals surface area contributed by atoms with E-state index in [0.29, 0.717) is 6.54 Å². The highest BCUT2D eigenvalue weighted by Crippen LogP contribution is 2.10. The van der Waals surface area contributed by atoms with Crippen LogP contribution in [-0.4, -0.2) is 24.2 Å². The summed E-state index contributed by atoms with van der Waals surface area (Å²) in [6, 6.07) is -0.585. The third kappa shape index (κ3) is 10.4. The third-order valence-corrected chi connectivity index (χ3v) is 3.54. The summed E-state index contributed by atoms with van der Waals surface area (Å²) in [5, 5.41) is 1.14. The highest BCUT2D eigenvalue weighted by atomic mass is 16.2. The van der Waals surface area contributed by atoms with Crippen molar-refractivity contribution < 1.29 is 4.79 Å². The van der Waals surface area contributed by atoms with Crippen molar-refractivity contribution in [1.29, 1.82) is 0 Å². The predicted molar refractivity (Wildman–Crippen MR) is 83.0 cm³/mol. The summed E-state index contributed by atoms with van der Waals surface area (Å²) in [5.74, 6) is 0. The predicted octanol–water partition coefficient (Wildman–Crippen LogP) is 0.805. The minimum Gasteiger partial charge on any atom is -0.349 e. The number of nitrogens with two attached hydrogens (primary N) is 1. The molecule has 1 rings (SSSR count). The molecule has 8 nitrogen and oxygen atoms in total. The van der Waals surface area contributed by atoms with Crippen LogP contribution in [-0.2, 0) is 0 Å². The SMILES string of the molecule is NC(=O)N1NCCCCCCCCCCCCNNNN1. The molecule has 2 amide bonds. The van der Waals surface area contributed by atoms with Crippen molar-refractivity contribution in [3.05, 3.63) is 0 Å². The number of carbonyl (C=O) groups is 1. The molecule has 0 bridgehead atoms. The van der Waals surface area contributed by atoms with Gasteiger partial charge in [0.15, 0.2) is 0 Å². The first-order valence-electron chi connectivity index (χ1n) is 8.12. The smallest absolute Gasteiger partial charge is 0.345 e. The van der Waals surface area contributed by atoms with Crippen molar-refractivity contribution in [2.75, 3.05) is 13.1 Å². The first kappa shape index (κ1) is 18.1. The standard InChI is InChI=1S/C13H31N7O/c14-13(21)20-16-12-10-8-6-4-2-1-3-5-7-9-11-15-17-18-19-20/h15-19H,1-12H2,(H2,14,21). The average Bonchev–Trinajstić information content (AvgIpc) is 2.47. The van der Waals surface area contributed by atoms with Crippen LogP contribution >= 0.6 is 0 Å². The Labute approximate surface area is 127 Å². The third-order valence-electron chi connectivity index (χ3n) is 3.54. The van der Waals surface area contributed by atoms with Gasteiger partial charge < -0.3 is 5.73 Å². The van der Waals surface area contributed by atoms with E-state index in [-0.39, 0.29) is 0 Å². The lowest BCUT2D eigenvalue weighted by atomic mass is 10.1. The Kier molecular flexibility index (Phi) is 11.0. The molecule has 1 heterocycles. The van der Waals surface area contributed by atoms with Gasteiger partial charge in [-0.25, -0.2) is 15.6 Å². The zero-order valence-electron chi connectivity index (χ0n) is 12.9. The van der Waals surface area contributed by atoms with Gasteiger partial charge in [0.2, 0.25) is 0 Å². The Hall–Kier alpha value is -0.930. The molecule has 0 atom stereocenters. The molecule has 0 unspecified atom stereocenters. The molecular formula is C13H31N7O. The summed E-state index contributed by atoms with van der Waals surface area (Å²) < 4.78 is 0. The maximum atomic E-state index is 11.2. The van der Waals surface area contributed by atoms with Gasteiger partial charge in [-0.2, -0.15) is 16.2 Å². The maximum absolute atomic E-state index is 11.2. The highest BCUT2D eigenvalue weighted by Gasteiger charge is 2.07. The first-order valence-corrected chi connectivity index (χ1v) is 8.12. The molecular weight excluding hydrogens is 270 g/mol. The molecule has 0 aromatic rings.